The van der Waals surface area contributed by atoms with Crippen LogP contribution in [0.4, 0.5) is 17.6 Å². The van der Waals surface area contributed by atoms with E-state index in [1.165, 1.54) is 18.2 Å². The van der Waals surface area contributed by atoms with E-state index in [1.807, 2.05) is 13.8 Å². The molecule has 1 aliphatic heterocycles. The molecule has 2 aromatic rings. The van der Waals surface area contributed by atoms with Crippen molar-refractivity contribution >= 4 is 41.2 Å². The van der Waals surface area contributed by atoms with Crippen molar-refractivity contribution in [2.75, 3.05) is 41.8 Å². The summed E-state index contributed by atoms with van der Waals surface area (Å²) in [5.74, 6) is 1.92. The Kier molecular flexibility index (Phi) is 7.92. The number of rotatable bonds is 11. The standard InChI is InChI=1S/C25H33N7O4S/c1-3-35-22-19(23(36-4-2)31-24(30-22)32-12-6-5-7-13-32)37-25-28-17(26-20(33)15-8-9-15)14-18(29-25)27-21(34)16-10-11-16/h14-16H,3-13H2,1-2H3,(H2,26,27,28,29,33,34). The molecule has 0 aromatic carbocycles. The van der Waals surface area contributed by atoms with E-state index < -0.39 is 0 Å². The van der Waals surface area contributed by atoms with Crippen LogP contribution in [-0.2, 0) is 9.59 Å². The van der Waals surface area contributed by atoms with Gasteiger partial charge in [-0.3, -0.25) is 9.59 Å². The Balaban J connectivity index is 1.47. The molecule has 2 saturated carbocycles. The van der Waals surface area contributed by atoms with Crippen LogP contribution in [0, 0.1) is 11.8 Å². The molecule has 0 atom stereocenters. The first-order valence-corrected chi connectivity index (χ1v) is 14.0. The van der Waals surface area contributed by atoms with Gasteiger partial charge in [0.1, 0.15) is 16.5 Å². The summed E-state index contributed by atoms with van der Waals surface area (Å²) in [5.41, 5.74) is 0. The Morgan fingerprint density at radius 1 is 0.865 bits per heavy atom. The van der Waals surface area contributed by atoms with Gasteiger partial charge >= 0.3 is 0 Å². The molecule has 0 unspecified atom stereocenters. The van der Waals surface area contributed by atoms with Gasteiger partial charge in [0.05, 0.1) is 13.2 Å². The summed E-state index contributed by atoms with van der Waals surface area (Å²) in [7, 11) is 0. The molecular weight excluding hydrogens is 494 g/mol. The van der Waals surface area contributed by atoms with Gasteiger partial charge < -0.3 is 25.0 Å². The smallest absolute Gasteiger partial charge is 0.236 e. The molecule has 1 saturated heterocycles. The Labute approximate surface area is 220 Å². The van der Waals surface area contributed by atoms with E-state index in [4.69, 9.17) is 19.4 Å². The normalized spacial score (nSPS) is 17.3. The number of hydrogen-bond donors (Lipinski definition) is 2. The third-order valence-electron chi connectivity index (χ3n) is 6.29. The molecule has 0 bridgehead atoms. The second-order valence-electron chi connectivity index (χ2n) is 9.43. The van der Waals surface area contributed by atoms with Crippen molar-refractivity contribution in [3.8, 4) is 11.8 Å². The van der Waals surface area contributed by atoms with Crippen LogP contribution < -0.4 is 25.0 Å². The first-order chi connectivity index (χ1) is 18.0. The van der Waals surface area contributed by atoms with Crippen molar-refractivity contribution in [1.82, 2.24) is 19.9 Å². The zero-order valence-corrected chi connectivity index (χ0v) is 22.1. The largest absolute Gasteiger partial charge is 0.477 e. The van der Waals surface area contributed by atoms with Gasteiger partial charge in [0.2, 0.25) is 29.5 Å². The summed E-state index contributed by atoms with van der Waals surface area (Å²) in [6.07, 6.45) is 6.89. The van der Waals surface area contributed by atoms with Gasteiger partial charge in [-0.15, -0.1) is 0 Å². The summed E-state index contributed by atoms with van der Waals surface area (Å²) < 4.78 is 11.8. The maximum atomic E-state index is 12.4. The molecule has 11 nitrogen and oxygen atoms in total. The minimum Gasteiger partial charge on any atom is -0.477 e. The van der Waals surface area contributed by atoms with Gasteiger partial charge in [-0.05, 0) is 70.6 Å². The number of piperidine rings is 1. The van der Waals surface area contributed by atoms with Crippen LogP contribution in [0.15, 0.2) is 16.1 Å². The van der Waals surface area contributed by atoms with Gasteiger partial charge in [-0.25, -0.2) is 9.97 Å². The van der Waals surface area contributed by atoms with E-state index in [0.717, 1.165) is 51.6 Å². The number of nitrogens with zero attached hydrogens (tertiary/aromatic N) is 5. The summed E-state index contributed by atoms with van der Waals surface area (Å²) in [6, 6.07) is 1.59. The number of ether oxygens (including phenoxy) is 2. The number of nitrogens with one attached hydrogen (secondary N) is 2. The molecule has 5 rings (SSSR count). The Bertz CT molecular complexity index is 1080. The van der Waals surface area contributed by atoms with E-state index in [1.54, 1.807) is 6.07 Å². The summed E-state index contributed by atoms with van der Waals surface area (Å²) in [4.78, 5) is 46.1. The highest BCUT2D eigenvalue weighted by Gasteiger charge is 2.32. The van der Waals surface area contributed by atoms with E-state index >= 15 is 0 Å². The topological polar surface area (TPSA) is 131 Å². The molecule has 37 heavy (non-hydrogen) atoms. The van der Waals surface area contributed by atoms with Gasteiger partial charge in [0, 0.05) is 31.0 Å². The molecule has 3 fully saturated rings. The maximum absolute atomic E-state index is 12.4. The number of hydrogen-bond acceptors (Lipinski definition) is 10. The highest BCUT2D eigenvalue weighted by Crippen LogP contribution is 2.41. The Morgan fingerprint density at radius 3 is 1.84 bits per heavy atom. The molecule has 2 aliphatic carbocycles. The minimum atomic E-state index is -0.0756. The predicted molar refractivity (Wildman–Crippen MR) is 139 cm³/mol. The number of anilines is 3. The van der Waals surface area contributed by atoms with Crippen molar-refractivity contribution in [2.45, 2.75) is 68.8 Å². The third kappa shape index (κ3) is 6.60. The average molecular weight is 528 g/mol. The van der Waals surface area contributed by atoms with Crippen LogP contribution in [0.25, 0.3) is 0 Å². The lowest BCUT2D eigenvalue weighted by atomic mass is 10.1. The van der Waals surface area contributed by atoms with Crippen molar-refractivity contribution in [1.29, 1.82) is 0 Å². The summed E-state index contributed by atoms with van der Waals surface area (Å²) >= 11 is 1.19. The highest BCUT2D eigenvalue weighted by atomic mass is 32.2. The molecule has 2 aromatic heterocycles. The molecule has 2 N–H and O–H groups in total. The maximum Gasteiger partial charge on any atom is 0.236 e. The average Bonchev–Trinajstić information content (AvgIpc) is 3.79. The van der Waals surface area contributed by atoms with Crippen molar-refractivity contribution in [3.63, 3.8) is 0 Å². The fourth-order valence-corrected chi connectivity index (χ4v) is 4.88. The zero-order valence-electron chi connectivity index (χ0n) is 21.3. The van der Waals surface area contributed by atoms with Gasteiger partial charge in [-0.1, -0.05) is 0 Å². The van der Waals surface area contributed by atoms with Crippen molar-refractivity contribution < 1.29 is 19.1 Å². The van der Waals surface area contributed by atoms with Crippen molar-refractivity contribution in [3.05, 3.63) is 6.07 Å². The van der Waals surface area contributed by atoms with E-state index in [2.05, 4.69) is 25.5 Å². The van der Waals surface area contributed by atoms with Crippen LogP contribution in [0.2, 0.25) is 0 Å². The van der Waals surface area contributed by atoms with Crippen molar-refractivity contribution in [2.24, 2.45) is 11.8 Å². The molecule has 0 spiro atoms. The SMILES string of the molecule is CCOc1nc(N2CCCCC2)nc(OCC)c1Sc1nc(NC(=O)C2CC2)cc(NC(=O)C2CC2)n1. The first-order valence-electron chi connectivity index (χ1n) is 13.1. The number of aromatic nitrogens is 4. The molecule has 12 heteroatoms. The van der Waals surface area contributed by atoms with E-state index in [0.29, 0.717) is 52.6 Å². The van der Waals surface area contributed by atoms with Crippen LogP contribution in [0.5, 0.6) is 11.8 Å². The monoisotopic (exact) mass is 527 g/mol. The quantitative estimate of drug-likeness (QED) is 0.415. The lowest BCUT2D eigenvalue weighted by molar-refractivity contribution is -0.118. The predicted octanol–water partition coefficient (Wildman–Crippen LogP) is 3.90. The summed E-state index contributed by atoms with van der Waals surface area (Å²) in [5, 5.41) is 6.05. The molecule has 198 valence electrons. The second kappa shape index (κ2) is 11.5. The Morgan fingerprint density at radius 2 is 1.38 bits per heavy atom. The van der Waals surface area contributed by atoms with Crippen LogP contribution in [0.1, 0.15) is 58.8 Å². The highest BCUT2D eigenvalue weighted by molar-refractivity contribution is 7.99. The van der Waals surface area contributed by atoms with Crippen LogP contribution >= 0.6 is 11.8 Å². The lowest BCUT2D eigenvalue weighted by Crippen LogP contribution is -2.31. The Hall–Kier alpha value is -3.15. The van der Waals surface area contributed by atoms with E-state index in [-0.39, 0.29) is 23.7 Å². The number of carbonyl (C=O) groups excluding carboxylic acids is 2. The second-order valence-corrected chi connectivity index (χ2v) is 10.4. The number of amides is 2. The first kappa shape index (κ1) is 25.5. The molecule has 3 heterocycles. The summed E-state index contributed by atoms with van der Waals surface area (Å²) in [6.45, 7) is 6.40. The number of carbonyl (C=O) groups is 2. The minimum absolute atomic E-state index is 0.0143. The lowest BCUT2D eigenvalue weighted by Gasteiger charge is -2.27. The van der Waals surface area contributed by atoms with Crippen LogP contribution in [0.3, 0.4) is 0 Å². The molecule has 0 radical (unpaired) electrons. The van der Waals surface area contributed by atoms with Gasteiger partial charge in [0.25, 0.3) is 0 Å². The third-order valence-corrected chi connectivity index (χ3v) is 7.21. The molecular formula is C25H33N7O4S. The fraction of sp³-hybridized carbons (Fsp3) is 0.600. The molecule has 2 amide bonds. The van der Waals surface area contributed by atoms with E-state index in [9.17, 15) is 9.59 Å². The molecule has 3 aliphatic rings. The van der Waals surface area contributed by atoms with Gasteiger partial charge in [0.15, 0.2) is 5.16 Å². The zero-order chi connectivity index (χ0) is 25.8. The van der Waals surface area contributed by atoms with Crippen LogP contribution in [-0.4, -0.2) is 58.1 Å². The van der Waals surface area contributed by atoms with Gasteiger partial charge in [-0.2, -0.15) is 9.97 Å². The fourth-order valence-electron chi connectivity index (χ4n) is 4.03.